The number of alkyl halides is 2. The maximum atomic E-state index is 12.5. The van der Waals surface area contributed by atoms with Gasteiger partial charge in [0, 0.05) is 10.6 Å². The van der Waals surface area contributed by atoms with E-state index >= 15 is 0 Å². The molecule has 0 aliphatic carbocycles. The first-order chi connectivity index (χ1) is 11.0. The molecule has 2 aromatic rings. The van der Waals surface area contributed by atoms with E-state index in [1.54, 1.807) is 24.3 Å². The Morgan fingerprint density at radius 2 is 1.78 bits per heavy atom. The summed E-state index contributed by atoms with van der Waals surface area (Å²) in [5.41, 5.74) is 3.49. The fourth-order valence-electron chi connectivity index (χ4n) is 2.08. The predicted molar refractivity (Wildman–Crippen MR) is 91.3 cm³/mol. The van der Waals surface area contributed by atoms with E-state index < -0.39 is 5.76 Å². The Hall–Kier alpha value is -2.08. The average molecular weight is 336 g/mol. The van der Waals surface area contributed by atoms with Gasteiger partial charge in [-0.2, -0.15) is 8.78 Å². The molecular weight excluding hydrogens is 318 g/mol. The van der Waals surface area contributed by atoms with Gasteiger partial charge in [0.05, 0.1) is 12.2 Å². The number of carbonyl (C=O) groups is 1. The number of hydrogen-bond acceptors (Lipinski definition) is 3. The number of hydrogen-bond donors (Lipinski definition) is 2. The minimum atomic E-state index is -2.53. The lowest BCUT2D eigenvalue weighted by Gasteiger charge is -2.13. The van der Waals surface area contributed by atoms with E-state index in [2.05, 4.69) is 10.6 Å². The van der Waals surface area contributed by atoms with Crippen LogP contribution in [0.4, 0.5) is 20.2 Å². The molecule has 0 unspecified atom stereocenters. The molecule has 0 saturated heterocycles. The maximum absolute atomic E-state index is 12.5. The number of nitrogens with one attached hydrogen (secondary N) is 2. The van der Waals surface area contributed by atoms with Gasteiger partial charge in [0.15, 0.2) is 0 Å². The number of aryl methyl sites for hydroxylation is 1. The van der Waals surface area contributed by atoms with Crippen LogP contribution >= 0.6 is 11.8 Å². The summed E-state index contributed by atoms with van der Waals surface area (Å²) < 4.78 is 25.1. The normalized spacial score (nSPS) is 10.7. The number of thioether (sulfide) groups is 1. The highest BCUT2D eigenvalue weighted by atomic mass is 32.2. The highest BCUT2D eigenvalue weighted by Gasteiger charge is 2.12. The van der Waals surface area contributed by atoms with Gasteiger partial charge in [-0.3, -0.25) is 4.79 Å². The van der Waals surface area contributed by atoms with E-state index in [9.17, 15) is 13.6 Å². The van der Waals surface area contributed by atoms with Crippen LogP contribution in [0.3, 0.4) is 0 Å². The van der Waals surface area contributed by atoms with Crippen molar-refractivity contribution in [2.45, 2.75) is 24.5 Å². The minimum absolute atomic E-state index is 0.0674. The average Bonchev–Trinajstić information content (AvgIpc) is 2.50. The van der Waals surface area contributed by atoms with Crippen LogP contribution in [-0.4, -0.2) is 18.2 Å². The molecule has 6 heteroatoms. The van der Waals surface area contributed by atoms with E-state index in [1.165, 1.54) is 0 Å². The zero-order valence-electron chi connectivity index (χ0n) is 12.9. The molecule has 0 fully saturated rings. The number of halogens is 2. The second-order valence-electron chi connectivity index (χ2n) is 5.02. The van der Waals surface area contributed by atoms with Gasteiger partial charge < -0.3 is 10.6 Å². The van der Waals surface area contributed by atoms with E-state index in [1.807, 2.05) is 32.0 Å². The summed E-state index contributed by atoms with van der Waals surface area (Å²) >= 11 is 0.417. The van der Waals surface area contributed by atoms with Gasteiger partial charge in [-0.15, -0.1) is 0 Å². The number of rotatable bonds is 6. The van der Waals surface area contributed by atoms with E-state index in [4.69, 9.17) is 0 Å². The molecule has 2 aromatic carbocycles. The SMILES string of the molecule is Cc1cccc(NCC(=O)Nc2ccccc2SC(F)F)c1C. The molecule has 3 nitrogen and oxygen atoms in total. The molecule has 0 bridgehead atoms. The number of carbonyl (C=O) groups excluding carboxylic acids is 1. The summed E-state index contributed by atoms with van der Waals surface area (Å²) in [5, 5.41) is 5.73. The standard InChI is InChI=1S/C17H18F2N2OS/c1-11-6-5-8-13(12(11)2)20-10-16(22)21-14-7-3-4-9-15(14)23-17(18)19/h3-9,17,20H,10H2,1-2H3,(H,21,22). The molecule has 0 aliphatic heterocycles. The third-order valence-electron chi connectivity index (χ3n) is 3.42. The molecule has 0 atom stereocenters. The van der Waals surface area contributed by atoms with E-state index in [-0.39, 0.29) is 12.5 Å². The quantitative estimate of drug-likeness (QED) is 0.753. The smallest absolute Gasteiger partial charge is 0.288 e. The Bertz CT molecular complexity index is 692. The lowest BCUT2D eigenvalue weighted by atomic mass is 10.1. The molecule has 2 rings (SSSR count). The van der Waals surface area contributed by atoms with Gasteiger partial charge in [-0.25, -0.2) is 0 Å². The first kappa shape index (κ1) is 17.3. The number of benzene rings is 2. The van der Waals surface area contributed by atoms with Gasteiger partial charge in [0.2, 0.25) is 5.91 Å². The highest BCUT2D eigenvalue weighted by molar-refractivity contribution is 7.99. The molecular formula is C17H18F2N2OS. The molecule has 0 radical (unpaired) electrons. The van der Waals surface area contributed by atoms with Crippen LogP contribution in [0.5, 0.6) is 0 Å². The summed E-state index contributed by atoms with van der Waals surface area (Å²) in [6.07, 6.45) is 0. The first-order valence-corrected chi connectivity index (χ1v) is 7.99. The maximum Gasteiger partial charge on any atom is 0.288 e. The molecule has 0 aromatic heterocycles. The van der Waals surface area contributed by atoms with E-state index in [0.29, 0.717) is 22.3 Å². The summed E-state index contributed by atoms with van der Waals surface area (Å²) in [6.45, 7) is 4.04. The van der Waals surface area contributed by atoms with Crippen molar-refractivity contribution in [3.8, 4) is 0 Å². The van der Waals surface area contributed by atoms with Crippen molar-refractivity contribution in [1.29, 1.82) is 0 Å². The third kappa shape index (κ3) is 4.96. The molecule has 1 amide bonds. The molecule has 0 spiro atoms. The van der Waals surface area contributed by atoms with Crippen LogP contribution < -0.4 is 10.6 Å². The van der Waals surface area contributed by atoms with Crippen molar-refractivity contribution in [1.82, 2.24) is 0 Å². The Balaban J connectivity index is 1.99. The van der Waals surface area contributed by atoms with Crippen LogP contribution in [0, 0.1) is 13.8 Å². The van der Waals surface area contributed by atoms with Gasteiger partial charge in [0.1, 0.15) is 0 Å². The van der Waals surface area contributed by atoms with Crippen LogP contribution in [0.1, 0.15) is 11.1 Å². The lowest BCUT2D eigenvalue weighted by molar-refractivity contribution is -0.114. The molecule has 0 aliphatic rings. The van der Waals surface area contributed by atoms with Gasteiger partial charge in [0.25, 0.3) is 5.76 Å². The Kier molecular flexibility index (Phi) is 5.98. The van der Waals surface area contributed by atoms with Crippen LogP contribution in [0.25, 0.3) is 0 Å². The van der Waals surface area contributed by atoms with Gasteiger partial charge in [-0.05, 0) is 43.2 Å². The van der Waals surface area contributed by atoms with Crippen molar-refractivity contribution < 1.29 is 13.6 Å². The zero-order chi connectivity index (χ0) is 16.8. The van der Waals surface area contributed by atoms with Crippen molar-refractivity contribution in [3.05, 3.63) is 53.6 Å². The summed E-state index contributed by atoms with van der Waals surface area (Å²) in [6, 6.07) is 12.3. The number of para-hydroxylation sites is 1. The Morgan fingerprint density at radius 1 is 1.09 bits per heavy atom. The van der Waals surface area contributed by atoms with Crippen LogP contribution in [-0.2, 0) is 4.79 Å². The molecule has 0 heterocycles. The third-order valence-corrected chi connectivity index (χ3v) is 4.21. The number of anilines is 2. The number of amides is 1. The Labute approximate surface area is 138 Å². The van der Waals surface area contributed by atoms with Crippen LogP contribution in [0.15, 0.2) is 47.4 Å². The summed E-state index contributed by atoms with van der Waals surface area (Å²) in [4.78, 5) is 12.4. The second kappa shape index (κ2) is 7.97. The van der Waals surface area contributed by atoms with Crippen molar-refractivity contribution in [3.63, 3.8) is 0 Å². The largest absolute Gasteiger partial charge is 0.376 e. The second-order valence-corrected chi connectivity index (χ2v) is 6.06. The molecule has 23 heavy (non-hydrogen) atoms. The lowest BCUT2D eigenvalue weighted by Crippen LogP contribution is -2.22. The highest BCUT2D eigenvalue weighted by Crippen LogP contribution is 2.31. The predicted octanol–water partition coefficient (Wildman–Crippen LogP) is 4.67. The van der Waals surface area contributed by atoms with Crippen molar-refractivity contribution in [2.24, 2.45) is 0 Å². The summed E-state index contributed by atoms with van der Waals surface area (Å²) in [7, 11) is 0. The van der Waals surface area contributed by atoms with Crippen molar-refractivity contribution >= 4 is 29.0 Å². The van der Waals surface area contributed by atoms with E-state index in [0.717, 1.165) is 16.8 Å². The van der Waals surface area contributed by atoms with Gasteiger partial charge >= 0.3 is 0 Å². The van der Waals surface area contributed by atoms with Gasteiger partial charge in [-0.1, -0.05) is 36.0 Å². The first-order valence-electron chi connectivity index (χ1n) is 7.11. The summed E-state index contributed by atoms with van der Waals surface area (Å²) in [5.74, 6) is -2.81. The Morgan fingerprint density at radius 3 is 2.52 bits per heavy atom. The molecule has 122 valence electrons. The van der Waals surface area contributed by atoms with Crippen LogP contribution in [0.2, 0.25) is 0 Å². The molecule has 0 saturated carbocycles. The molecule has 2 N–H and O–H groups in total. The van der Waals surface area contributed by atoms with Crippen molar-refractivity contribution in [2.75, 3.05) is 17.2 Å². The monoisotopic (exact) mass is 336 g/mol. The minimum Gasteiger partial charge on any atom is -0.376 e. The fourth-order valence-corrected chi connectivity index (χ4v) is 2.68. The fraction of sp³-hybridized carbons (Fsp3) is 0.235. The zero-order valence-corrected chi connectivity index (χ0v) is 13.7. The topological polar surface area (TPSA) is 41.1 Å².